The highest BCUT2D eigenvalue weighted by molar-refractivity contribution is 5.91. The number of carbonyl (C=O) groups is 3. The molecule has 0 N–H and O–H groups in total. The summed E-state index contributed by atoms with van der Waals surface area (Å²) in [5.41, 5.74) is 1.77. The lowest BCUT2D eigenvalue weighted by molar-refractivity contribution is -0.158. The molecule has 6 heteroatoms. The third-order valence-corrected chi connectivity index (χ3v) is 12.7. The summed E-state index contributed by atoms with van der Waals surface area (Å²) >= 11 is 0. The molecule has 0 radical (unpaired) electrons. The smallest absolute Gasteiger partial charge is 0.334 e. The fraction of sp³-hybridized carbons (Fsp3) is 0.781. The van der Waals surface area contributed by atoms with Crippen LogP contribution in [0.1, 0.15) is 91.9 Å². The van der Waals surface area contributed by atoms with E-state index in [0.717, 1.165) is 38.5 Å². The summed E-state index contributed by atoms with van der Waals surface area (Å²) in [6.45, 7) is 13.5. The molecular weight excluding hydrogens is 480 g/mol. The van der Waals surface area contributed by atoms with Gasteiger partial charge in [-0.3, -0.25) is 4.79 Å². The zero-order valence-corrected chi connectivity index (χ0v) is 24.2. The molecule has 5 rings (SSSR count). The van der Waals surface area contributed by atoms with Gasteiger partial charge in [0.2, 0.25) is 0 Å². The van der Waals surface area contributed by atoms with Crippen LogP contribution in [0.5, 0.6) is 0 Å². The third kappa shape index (κ3) is 3.60. The number of ether oxygens (including phenoxy) is 3. The van der Waals surface area contributed by atoms with Gasteiger partial charge in [0.25, 0.3) is 0 Å². The topological polar surface area (TPSA) is 78.9 Å². The van der Waals surface area contributed by atoms with E-state index in [1.807, 2.05) is 13.0 Å². The van der Waals surface area contributed by atoms with Crippen molar-refractivity contribution in [1.82, 2.24) is 0 Å². The Kier molecular flexibility index (Phi) is 6.67. The van der Waals surface area contributed by atoms with E-state index in [0.29, 0.717) is 35.3 Å². The van der Waals surface area contributed by atoms with Crippen molar-refractivity contribution < 1.29 is 28.6 Å². The van der Waals surface area contributed by atoms with Crippen LogP contribution in [-0.4, -0.2) is 38.2 Å². The standard InChI is InChI=1S/C32H46O6/c1-19(9-8-10-20(2)27(34)37-7)22-11-13-30(5)24-17-23-26(21(3)28(35)38-23)32(14-12-25(33)36-6)18-31(24,32)16-15-29(22,30)4/h10,19,22-24,26H,3,8-9,11-18H2,1-2,4-7H3/b20-10+/t19-,22-,23-,24+,26-,29-,30+,31+,32-/m1/s1. The highest BCUT2D eigenvalue weighted by Crippen LogP contribution is 2.88. The second-order valence-electron chi connectivity index (χ2n) is 13.7. The monoisotopic (exact) mass is 526 g/mol. The van der Waals surface area contributed by atoms with Gasteiger partial charge in [-0.25, -0.2) is 9.59 Å². The Bertz CT molecular complexity index is 1080. The molecule has 1 heterocycles. The van der Waals surface area contributed by atoms with E-state index in [-0.39, 0.29) is 51.6 Å². The molecule has 4 aliphatic carbocycles. The van der Waals surface area contributed by atoms with Crippen molar-refractivity contribution in [2.45, 2.75) is 98.0 Å². The molecule has 1 saturated heterocycles. The number of hydrogen-bond donors (Lipinski definition) is 0. The molecule has 210 valence electrons. The first-order valence-corrected chi connectivity index (χ1v) is 14.6. The Morgan fingerprint density at radius 1 is 1.16 bits per heavy atom. The maximum atomic E-state index is 12.7. The minimum absolute atomic E-state index is 0.0322. The van der Waals surface area contributed by atoms with E-state index < -0.39 is 0 Å². The summed E-state index contributed by atoms with van der Waals surface area (Å²) in [6, 6.07) is 0. The molecule has 0 amide bonds. The van der Waals surface area contributed by atoms with Crippen LogP contribution in [0.25, 0.3) is 0 Å². The predicted molar refractivity (Wildman–Crippen MR) is 144 cm³/mol. The molecule has 0 unspecified atom stereocenters. The van der Waals surface area contributed by atoms with Crippen molar-refractivity contribution in [3.8, 4) is 0 Å². The fourth-order valence-corrected chi connectivity index (χ4v) is 10.6. The summed E-state index contributed by atoms with van der Waals surface area (Å²) in [7, 11) is 2.88. The summed E-state index contributed by atoms with van der Waals surface area (Å²) in [5.74, 6) is 1.03. The fourth-order valence-electron chi connectivity index (χ4n) is 10.6. The zero-order valence-electron chi connectivity index (χ0n) is 24.2. The summed E-state index contributed by atoms with van der Waals surface area (Å²) < 4.78 is 15.9. The SMILES string of the molecule is C=C1C(=O)O[C@@H]2C[C@@H]3[C@]4(CC[C@]5(C)[C@@H]([C@H](C)CC/C=C(\C)C(=O)OC)CC[C@@]35C)C[C@]4(CCC(=O)OC)[C@H]12. The summed E-state index contributed by atoms with van der Waals surface area (Å²) in [4.78, 5) is 36.7. The lowest BCUT2D eigenvalue weighted by Gasteiger charge is -2.61. The highest BCUT2D eigenvalue weighted by atomic mass is 16.6. The average molecular weight is 527 g/mol. The van der Waals surface area contributed by atoms with Crippen LogP contribution >= 0.6 is 0 Å². The first kappa shape index (κ1) is 27.5. The van der Waals surface area contributed by atoms with Gasteiger partial charge in [0.05, 0.1) is 14.2 Å². The molecule has 1 spiro atoms. The van der Waals surface area contributed by atoms with E-state index in [1.54, 1.807) is 0 Å². The molecule has 4 saturated carbocycles. The Balaban J connectivity index is 1.40. The van der Waals surface area contributed by atoms with Gasteiger partial charge in [0.15, 0.2) is 0 Å². The van der Waals surface area contributed by atoms with Crippen LogP contribution in [0.2, 0.25) is 0 Å². The second-order valence-corrected chi connectivity index (χ2v) is 13.7. The molecule has 0 aromatic rings. The van der Waals surface area contributed by atoms with Crippen molar-refractivity contribution in [3.05, 3.63) is 23.8 Å². The molecule has 0 bridgehead atoms. The van der Waals surface area contributed by atoms with Gasteiger partial charge in [0.1, 0.15) is 6.10 Å². The van der Waals surface area contributed by atoms with E-state index >= 15 is 0 Å². The Morgan fingerprint density at radius 2 is 1.89 bits per heavy atom. The first-order valence-electron chi connectivity index (χ1n) is 14.6. The maximum Gasteiger partial charge on any atom is 0.334 e. The normalized spacial score (nSPS) is 43.8. The van der Waals surface area contributed by atoms with Gasteiger partial charge < -0.3 is 14.2 Å². The van der Waals surface area contributed by atoms with Crippen LogP contribution in [-0.2, 0) is 28.6 Å². The van der Waals surface area contributed by atoms with Gasteiger partial charge in [-0.1, -0.05) is 33.4 Å². The van der Waals surface area contributed by atoms with Crippen LogP contribution in [0.15, 0.2) is 23.8 Å². The first-order chi connectivity index (χ1) is 17.9. The number of esters is 3. The van der Waals surface area contributed by atoms with Gasteiger partial charge in [-0.15, -0.1) is 0 Å². The van der Waals surface area contributed by atoms with Crippen molar-refractivity contribution in [2.24, 2.45) is 45.3 Å². The lowest BCUT2D eigenvalue weighted by Crippen LogP contribution is -2.56. The van der Waals surface area contributed by atoms with Crippen molar-refractivity contribution in [1.29, 1.82) is 0 Å². The number of carbonyl (C=O) groups excluding carboxylic acids is 3. The minimum atomic E-state index is -0.248. The van der Waals surface area contributed by atoms with Crippen molar-refractivity contribution >= 4 is 17.9 Å². The van der Waals surface area contributed by atoms with Crippen LogP contribution in [0.3, 0.4) is 0 Å². The molecule has 5 fully saturated rings. The van der Waals surface area contributed by atoms with Crippen molar-refractivity contribution in [2.75, 3.05) is 14.2 Å². The second kappa shape index (κ2) is 9.23. The van der Waals surface area contributed by atoms with Crippen LogP contribution < -0.4 is 0 Å². The van der Waals surface area contributed by atoms with Crippen LogP contribution in [0, 0.1) is 45.3 Å². The molecule has 0 aromatic heterocycles. The number of allylic oxidation sites excluding steroid dienone is 1. The van der Waals surface area contributed by atoms with Gasteiger partial charge in [-0.05, 0) is 104 Å². The maximum absolute atomic E-state index is 12.7. The Morgan fingerprint density at radius 3 is 2.58 bits per heavy atom. The Labute approximate surface area is 227 Å². The molecular formula is C32H46O6. The van der Waals surface area contributed by atoms with Gasteiger partial charge >= 0.3 is 17.9 Å². The number of fused-ring (bicyclic) bond motifs is 4. The predicted octanol–water partition coefficient (Wildman–Crippen LogP) is 6.19. The highest BCUT2D eigenvalue weighted by Gasteiger charge is 2.83. The van der Waals surface area contributed by atoms with Crippen LogP contribution in [0.4, 0.5) is 0 Å². The zero-order chi connectivity index (χ0) is 27.7. The van der Waals surface area contributed by atoms with E-state index in [2.05, 4.69) is 27.4 Å². The lowest BCUT2D eigenvalue weighted by atomic mass is 9.43. The number of rotatable bonds is 8. The number of methoxy groups -OCH3 is 2. The minimum Gasteiger partial charge on any atom is -0.469 e. The van der Waals surface area contributed by atoms with Gasteiger partial charge in [0, 0.05) is 23.5 Å². The average Bonchev–Trinajstić information content (AvgIpc) is 3.35. The van der Waals surface area contributed by atoms with E-state index in [9.17, 15) is 14.4 Å². The molecule has 5 aliphatic rings. The third-order valence-electron chi connectivity index (χ3n) is 12.7. The molecule has 0 aromatic carbocycles. The molecule has 38 heavy (non-hydrogen) atoms. The largest absolute Gasteiger partial charge is 0.469 e. The van der Waals surface area contributed by atoms with E-state index in [4.69, 9.17) is 14.2 Å². The van der Waals surface area contributed by atoms with Crippen molar-refractivity contribution in [3.63, 3.8) is 0 Å². The summed E-state index contributed by atoms with van der Waals surface area (Å²) in [6.07, 6.45) is 11.7. The number of hydrogen-bond acceptors (Lipinski definition) is 6. The van der Waals surface area contributed by atoms with E-state index in [1.165, 1.54) is 33.5 Å². The molecule has 1 aliphatic heterocycles. The van der Waals surface area contributed by atoms with Gasteiger partial charge in [-0.2, -0.15) is 0 Å². The molecule has 9 atom stereocenters. The molecule has 6 nitrogen and oxygen atoms in total. The summed E-state index contributed by atoms with van der Waals surface area (Å²) in [5, 5.41) is 0. The quantitative estimate of drug-likeness (QED) is 0.213. The Hall–Kier alpha value is -2.11.